The van der Waals surface area contributed by atoms with E-state index in [1.54, 1.807) is 0 Å². The summed E-state index contributed by atoms with van der Waals surface area (Å²) in [6.07, 6.45) is 7.28. The maximum Gasteiger partial charge on any atom is 0.146 e. The fourth-order valence-electron chi connectivity index (χ4n) is 4.68. The van der Waals surface area contributed by atoms with Crippen molar-refractivity contribution in [1.82, 2.24) is 0 Å². The number of aldehydes is 2. The van der Waals surface area contributed by atoms with Crippen LogP contribution in [0.2, 0.25) is 0 Å². The minimum Gasteiger partial charge on any atom is -0.302 e. The molecule has 17 heavy (non-hydrogen) atoms. The summed E-state index contributed by atoms with van der Waals surface area (Å²) in [5.41, 5.74) is 0.729. The maximum atomic E-state index is 11.4. The molecule has 0 saturated heterocycles. The summed E-state index contributed by atoms with van der Waals surface area (Å²) in [7, 11) is 0. The summed E-state index contributed by atoms with van der Waals surface area (Å²) in [6.45, 7) is 6.80. The van der Waals surface area contributed by atoms with E-state index in [4.69, 9.17) is 0 Å². The van der Waals surface area contributed by atoms with Crippen molar-refractivity contribution in [2.45, 2.75) is 40.0 Å². The van der Waals surface area contributed by atoms with Gasteiger partial charge in [-0.15, -0.1) is 0 Å². The second-order valence-corrected chi connectivity index (χ2v) is 7.27. The topological polar surface area (TPSA) is 34.1 Å². The molecule has 0 unspecified atom stereocenters. The Balaban J connectivity index is 2.07. The van der Waals surface area contributed by atoms with Crippen LogP contribution in [0.25, 0.3) is 0 Å². The SMILES string of the molecule is CC1(C)C[C@H]2C=C(C=O)[C@@]3(C=O)C[C@@]3(C)[C@H]2C1. The lowest BCUT2D eigenvalue weighted by Gasteiger charge is -2.33. The molecule has 0 aliphatic heterocycles. The second-order valence-electron chi connectivity index (χ2n) is 7.27. The molecule has 0 aromatic rings. The Morgan fingerprint density at radius 1 is 1.24 bits per heavy atom. The minimum atomic E-state index is -0.434. The van der Waals surface area contributed by atoms with Crippen LogP contribution >= 0.6 is 0 Å². The van der Waals surface area contributed by atoms with Crippen LogP contribution in [0.1, 0.15) is 40.0 Å². The van der Waals surface area contributed by atoms with E-state index in [2.05, 4.69) is 26.8 Å². The van der Waals surface area contributed by atoms with Gasteiger partial charge >= 0.3 is 0 Å². The third kappa shape index (κ3) is 1.16. The zero-order valence-corrected chi connectivity index (χ0v) is 10.8. The fourth-order valence-corrected chi connectivity index (χ4v) is 4.68. The highest BCUT2D eigenvalue weighted by Gasteiger charge is 2.73. The number of hydrogen-bond donors (Lipinski definition) is 0. The van der Waals surface area contributed by atoms with Crippen LogP contribution in [0.15, 0.2) is 11.6 Å². The largest absolute Gasteiger partial charge is 0.302 e. The molecule has 0 N–H and O–H groups in total. The molecular weight excluding hydrogens is 212 g/mol. The molecule has 0 heterocycles. The predicted octanol–water partition coefficient (Wildman–Crippen LogP) is 2.77. The Kier molecular flexibility index (Phi) is 1.91. The van der Waals surface area contributed by atoms with Crippen LogP contribution in [0.5, 0.6) is 0 Å². The highest BCUT2D eigenvalue weighted by Crippen LogP contribution is 2.76. The smallest absolute Gasteiger partial charge is 0.146 e. The zero-order chi connectivity index (χ0) is 12.5. The van der Waals surface area contributed by atoms with E-state index in [0.29, 0.717) is 17.3 Å². The van der Waals surface area contributed by atoms with Crippen molar-refractivity contribution in [3.63, 3.8) is 0 Å². The van der Waals surface area contributed by atoms with Gasteiger partial charge < -0.3 is 4.79 Å². The summed E-state index contributed by atoms with van der Waals surface area (Å²) in [5.74, 6) is 1.09. The lowest BCUT2D eigenvalue weighted by Crippen LogP contribution is -2.31. The zero-order valence-electron chi connectivity index (χ0n) is 10.8. The first-order valence-corrected chi connectivity index (χ1v) is 6.52. The standard InChI is InChI=1S/C15H20O2/c1-13(2)5-10-4-11(7-16)15(9-17)8-14(15,3)12(10)6-13/h4,7,9-10,12H,5-6,8H2,1-3H3/t10-,12+,14+,15+/m1/s1. The van der Waals surface area contributed by atoms with Gasteiger partial charge in [0.1, 0.15) is 12.6 Å². The van der Waals surface area contributed by atoms with E-state index in [0.717, 1.165) is 31.0 Å². The van der Waals surface area contributed by atoms with Gasteiger partial charge in [0.05, 0.1) is 5.41 Å². The van der Waals surface area contributed by atoms with Crippen molar-refractivity contribution in [1.29, 1.82) is 0 Å². The van der Waals surface area contributed by atoms with Crippen molar-refractivity contribution in [3.8, 4) is 0 Å². The Bertz CT molecular complexity index is 434. The second kappa shape index (κ2) is 2.90. The van der Waals surface area contributed by atoms with Crippen LogP contribution < -0.4 is 0 Å². The van der Waals surface area contributed by atoms with E-state index < -0.39 is 5.41 Å². The van der Waals surface area contributed by atoms with Gasteiger partial charge in [0.15, 0.2) is 0 Å². The van der Waals surface area contributed by atoms with Crippen molar-refractivity contribution in [2.75, 3.05) is 0 Å². The third-order valence-corrected chi connectivity index (χ3v) is 5.67. The molecule has 0 amide bonds. The number of allylic oxidation sites excluding steroid dienone is 2. The highest BCUT2D eigenvalue weighted by atomic mass is 16.1. The molecule has 0 aromatic heterocycles. The van der Waals surface area contributed by atoms with Gasteiger partial charge in [0.2, 0.25) is 0 Å². The Labute approximate surface area is 102 Å². The predicted molar refractivity (Wildman–Crippen MR) is 65.4 cm³/mol. The summed E-state index contributed by atoms with van der Waals surface area (Å²) < 4.78 is 0. The van der Waals surface area contributed by atoms with E-state index >= 15 is 0 Å². The number of fused-ring (bicyclic) bond motifs is 3. The summed E-state index contributed by atoms with van der Waals surface area (Å²) >= 11 is 0. The lowest BCUT2D eigenvalue weighted by molar-refractivity contribution is -0.115. The quantitative estimate of drug-likeness (QED) is 0.686. The molecule has 4 atom stereocenters. The first-order chi connectivity index (χ1) is 7.88. The van der Waals surface area contributed by atoms with E-state index in [9.17, 15) is 9.59 Å². The van der Waals surface area contributed by atoms with Gasteiger partial charge in [-0.05, 0) is 41.9 Å². The minimum absolute atomic E-state index is 0.0538. The van der Waals surface area contributed by atoms with Crippen LogP contribution in [0.4, 0.5) is 0 Å². The summed E-state index contributed by atoms with van der Waals surface area (Å²) in [4.78, 5) is 22.7. The molecule has 3 aliphatic carbocycles. The molecule has 0 aromatic carbocycles. The lowest BCUT2D eigenvalue weighted by atomic mass is 9.70. The molecule has 0 spiro atoms. The average molecular weight is 232 g/mol. The Hall–Kier alpha value is -0.920. The van der Waals surface area contributed by atoms with E-state index in [1.165, 1.54) is 6.42 Å². The van der Waals surface area contributed by atoms with Crippen LogP contribution in [0.3, 0.4) is 0 Å². The van der Waals surface area contributed by atoms with Crippen LogP contribution in [-0.2, 0) is 9.59 Å². The summed E-state index contributed by atoms with van der Waals surface area (Å²) in [6, 6.07) is 0. The maximum absolute atomic E-state index is 11.4. The molecular formula is C15H20O2. The molecule has 0 bridgehead atoms. The molecule has 2 heteroatoms. The van der Waals surface area contributed by atoms with Gasteiger partial charge in [-0.1, -0.05) is 26.8 Å². The summed E-state index contributed by atoms with van der Waals surface area (Å²) in [5, 5.41) is 0. The normalized spacial score (nSPS) is 49.9. The Morgan fingerprint density at radius 3 is 2.53 bits per heavy atom. The van der Waals surface area contributed by atoms with Crippen molar-refractivity contribution in [3.05, 3.63) is 11.6 Å². The van der Waals surface area contributed by atoms with Gasteiger partial charge in [-0.25, -0.2) is 0 Å². The van der Waals surface area contributed by atoms with Gasteiger partial charge in [-0.3, -0.25) is 4.79 Å². The number of carbonyl (C=O) groups excluding carboxylic acids is 2. The van der Waals surface area contributed by atoms with Crippen molar-refractivity contribution < 1.29 is 9.59 Å². The molecule has 2 fully saturated rings. The molecule has 3 aliphatic rings. The third-order valence-electron chi connectivity index (χ3n) is 5.67. The van der Waals surface area contributed by atoms with Crippen molar-refractivity contribution in [2.24, 2.45) is 28.1 Å². The highest BCUT2D eigenvalue weighted by molar-refractivity contribution is 5.89. The fraction of sp³-hybridized carbons (Fsp3) is 0.733. The van der Waals surface area contributed by atoms with E-state index in [1.807, 2.05) is 0 Å². The first kappa shape index (κ1) is 11.2. The van der Waals surface area contributed by atoms with Gasteiger partial charge in [0.25, 0.3) is 0 Å². The Morgan fingerprint density at radius 2 is 1.94 bits per heavy atom. The molecule has 0 radical (unpaired) electrons. The van der Waals surface area contributed by atoms with E-state index in [-0.39, 0.29) is 5.41 Å². The van der Waals surface area contributed by atoms with Crippen LogP contribution in [-0.4, -0.2) is 12.6 Å². The van der Waals surface area contributed by atoms with Crippen molar-refractivity contribution >= 4 is 12.6 Å². The number of rotatable bonds is 2. The molecule has 2 nitrogen and oxygen atoms in total. The molecule has 2 saturated carbocycles. The number of carbonyl (C=O) groups is 2. The molecule has 3 rings (SSSR count). The number of hydrogen-bond acceptors (Lipinski definition) is 2. The monoisotopic (exact) mass is 232 g/mol. The van der Waals surface area contributed by atoms with Crippen LogP contribution in [0, 0.1) is 28.1 Å². The first-order valence-electron chi connectivity index (χ1n) is 6.52. The van der Waals surface area contributed by atoms with Gasteiger partial charge in [-0.2, -0.15) is 0 Å². The average Bonchev–Trinajstić information content (AvgIpc) is 2.77. The molecule has 92 valence electrons. The van der Waals surface area contributed by atoms with Gasteiger partial charge in [0, 0.05) is 5.57 Å².